The second-order valence-corrected chi connectivity index (χ2v) is 4.05. The second-order valence-electron chi connectivity index (χ2n) is 4.05. The van der Waals surface area contributed by atoms with Crippen molar-refractivity contribution >= 4 is 0 Å². The van der Waals surface area contributed by atoms with Crippen molar-refractivity contribution in [3.05, 3.63) is 35.5 Å². The van der Waals surface area contributed by atoms with Crippen LogP contribution in [0.25, 0.3) is 11.3 Å². The van der Waals surface area contributed by atoms with Gasteiger partial charge in [0.2, 0.25) is 5.69 Å². The first-order valence-electron chi connectivity index (χ1n) is 5.32. The second kappa shape index (κ2) is 4.00. The van der Waals surface area contributed by atoms with E-state index in [-0.39, 0.29) is 0 Å². The van der Waals surface area contributed by atoms with E-state index >= 15 is 0 Å². The van der Waals surface area contributed by atoms with Gasteiger partial charge in [0.15, 0.2) is 7.05 Å². The molecule has 16 heavy (non-hydrogen) atoms. The molecule has 0 fully saturated rings. The van der Waals surface area contributed by atoms with Crippen LogP contribution in [0, 0.1) is 13.8 Å². The van der Waals surface area contributed by atoms with E-state index in [0.29, 0.717) is 0 Å². The summed E-state index contributed by atoms with van der Waals surface area (Å²) in [4.78, 5) is 0. The highest BCUT2D eigenvalue weighted by molar-refractivity contribution is 5.61. The molecule has 1 aromatic carbocycles. The minimum absolute atomic E-state index is 0.927. The third kappa shape index (κ3) is 1.81. The number of H-pyrrole nitrogens is 1. The first kappa shape index (κ1) is 10.7. The summed E-state index contributed by atoms with van der Waals surface area (Å²) in [6.07, 6.45) is 0. The highest BCUT2D eigenvalue weighted by atomic mass is 16.5. The number of ether oxygens (including phenoxy) is 1. The molecular weight excluding hydrogens is 200 g/mol. The summed E-state index contributed by atoms with van der Waals surface area (Å²) in [5, 5.41) is 3.30. The summed E-state index contributed by atoms with van der Waals surface area (Å²) in [5.74, 6) is 0.927. The van der Waals surface area contributed by atoms with E-state index in [2.05, 4.69) is 37.1 Å². The van der Waals surface area contributed by atoms with Crippen LogP contribution in [-0.4, -0.2) is 12.2 Å². The van der Waals surface area contributed by atoms with Gasteiger partial charge in [-0.05, 0) is 30.7 Å². The van der Waals surface area contributed by atoms with Crippen molar-refractivity contribution in [2.45, 2.75) is 13.8 Å². The number of aromatic amines is 1. The van der Waals surface area contributed by atoms with Crippen LogP contribution in [0.15, 0.2) is 24.3 Å². The molecule has 2 rings (SSSR count). The quantitative estimate of drug-likeness (QED) is 0.767. The van der Waals surface area contributed by atoms with Gasteiger partial charge in [0.05, 0.1) is 7.11 Å². The van der Waals surface area contributed by atoms with Crippen molar-refractivity contribution in [2.24, 2.45) is 7.05 Å². The summed E-state index contributed by atoms with van der Waals surface area (Å²) in [7, 11) is 3.70. The molecule has 3 nitrogen and oxygen atoms in total. The molecule has 1 heterocycles. The Morgan fingerprint density at radius 1 is 1.19 bits per heavy atom. The first-order valence-corrected chi connectivity index (χ1v) is 5.32. The van der Waals surface area contributed by atoms with Crippen LogP contribution >= 0.6 is 0 Å². The number of aromatic nitrogens is 2. The van der Waals surface area contributed by atoms with E-state index in [4.69, 9.17) is 4.74 Å². The van der Waals surface area contributed by atoms with Crippen molar-refractivity contribution in [3.8, 4) is 17.0 Å². The molecule has 0 amide bonds. The Kier molecular flexibility index (Phi) is 2.69. The summed E-state index contributed by atoms with van der Waals surface area (Å²) in [6.45, 7) is 4.13. The molecule has 0 spiro atoms. The highest BCUT2D eigenvalue weighted by Crippen LogP contribution is 2.24. The smallest absolute Gasteiger partial charge is 0.204 e. The zero-order valence-electron chi connectivity index (χ0n) is 10.2. The molecule has 1 N–H and O–H groups in total. The summed E-state index contributed by atoms with van der Waals surface area (Å²) >= 11 is 0. The summed E-state index contributed by atoms with van der Waals surface area (Å²) in [6, 6.07) is 8.34. The molecule has 2 aromatic rings. The number of nitrogens with one attached hydrogen (secondary N) is 1. The van der Waals surface area contributed by atoms with Gasteiger partial charge < -0.3 is 4.74 Å². The largest absolute Gasteiger partial charge is 0.496 e. The lowest BCUT2D eigenvalue weighted by molar-refractivity contribution is -0.731. The number of hydrogen-bond acceptors (Lipinski definition) is 1. The van der Waals surface area contributed by atoms with Gasteiger partial charge in [-0.15, -0.1) is 4.68 Å². The number of nitrogens with zero attached hydrogens (tertiary/aromatic N) is 1. The van der Waals surface area contributed by atoms with Gasteiger partial charge in [0, 0.05) is 18.6 Å². The van der Waals surface area contributed by atoms with Crippen molar-refractivity contribution in [2.75, 3.05) is 7.11 Å². The Morgan fingerprint density at radius 3 is 2.44 bits per heavy atom. The number of rotatable bonds is 2. The van der Waals surface area contributed by atoms with Crippen LogP contribution in [0.4, 0.5) is 0 Å². The number of aryl methyl sites for hydroxylation is 3. The predicted octanol–water partition coefficient (Wildman–Crippen LogP) is 2.13. The van der Waals surface area contributed by atoms with Crippen LogP contribution < -0.4 is 9.42 Å². The average Bonchev–Trinajstić information content (AvgIpc) is 2.59. The fourth-order valence-corrected chi connectivity index (χ4v) is 1.80. The standard InChI is InChI=1S/C13H16N2O/c1-9-7-11(5-6-13(9)16-4)12-8-10(2)15(3)14-12/h5-8H,1-4H3/p+1. The Balaban J connectivity index is 2.45. The molecule has 3 heteroatoms. The lowest BCUT2D eigenvalue weighted by atomic mass is 10.1. The fourth-order valence-electron chi connectivity index (χ4n) is 1.80. The molecule has 0 atom stereocenters. The molecule has 0 radical (unpaired) electrons. The van der Waals surface area contributed by atoms with Crippen molar-refractivity contribution in [3.63, 3.8) is 0 Å². The number of hydrogen-bond donors (Lipinski definition) is 1. The summed E-state index contributed by atoms with van der Waals surface area (Å²) in [5.41, 5.74) is 4.67. The van der Waals surface area contributed by atoms with Gasteiger partial charge in [-0.1, -0.05) is 0 Å². The van der Waals surface area contributed by atoms with Crippen molar-refractivity contribution in [1.82, 2.24) is 5.10 Å². The van der Waals surface area contributed by atoms with Gasteiger partial charge in [-0.25, -0.2) is 0 Å². The lowest BCUT2D eigenvalue weighted by Crippen LogP contribution is -2.32. The highest BCUT2D eigenvalue weighted by Gasteiger charge is 2.10. The maximum atomic E-state index is 5.25. The normalized spacial score (nSPS) is 10.5. The predicted molar refractivity (Wildman–Crippen MR) is 63.4 cm³/mol. The van der Waals surface area contributed by atoms with E-state index in [1.54, 1.807) is 7.11 Å². The first-order chi connectivity index (χ1) is 7.61. The molecule has 0 aliphatic rings. The van der Waals surface area contributed by atoms with E-state index < -0.39 is 0 Å². The van der Waals surface area contributed by atoms with Crippen LogP contribution in [-0.2, 0) is 7.05 Å². The van der Waals surface area contributed by atoms with Crippen LogP contribution in [0.5, 0.6) is 5.75 Å². The maximum absolute atomic E-state index is 5.25. The fraction of sp³-hybridized carbons (Fsp3) is 0.308. The van der Waals surface area contributed by atoms with Crippen LogP contribution in [0.2, 0.25) is 0 Å². The molecule has 0 unspecified atom stereocenters. The van der Waals surface area contributed by atoms with Gasteiger partial charge in [-0.3, -0.25) is 0 Å². The van der Waals surface area contributed by atoms with Crippen molar-refractivity contribution in [1.29, 1.82) is 0 Å². The topological polar surface area (TPSA) is 28.9 Å². The molecule has 0 aliphatic heterocycles. The monoisotopic (exact) mass is 217 g/mol. The molecule has 0 saturated heterocycles. The number of benzene rings is 1. The Labute approximate surface area is 95.7 Å². The molecule has 0 saturated carbocycles. The van der Waals surface area contributed by atoms with Gasteiger partial charge in [0.1, 0.15) is 11.4 Å². The number of methoxy groups -OCH3 is 1. The van der Waals surface area contributed by atoms with Crippen LogP contribution in [0.1, 0.15) is 11.3 Å². The molecule has 0 aliphatic carbocycles. The third-order valence-corrected chi connectivity index (χ3v) is 2.88. The zero-order chi connectivity index (χ0) is 11.7. The minimum Gasteiger partial charge on any atom is -0.496 e. The van der Waals surface area contributed by atoms with Crippen LogP contribution in [0.3, 0.4) is 0 Å². The maximum Gasteiger partial charge on any atom is 0.204 e. The van der Waals surface area contributed by atoms with E-state index in [0.717, 1.165) is 17.0 Å². The van der Waals surface area contributed by atoms with E-state index in [9.17, 15) is 0 Å². The minimum atomic E-state index is 0.927. The van der Waals surface area contributed by atoms with Crippen molar-refractivity contribution < 1.29 is 9.42 Å². The van der Waals surface area contributed by atoms with E-state index in [1.807, 2.05) is 17.8 Å². The molecule has 1 aromatic heterocycles. The zero-order valence-corrected chi connectivity index (χ0v) is 10.2. The lowest BCUT2D eigenvalue weighted by Gasteiger charge is -2.05. The SMILES string of the molecule is COc1ccc(-c2cc(C)[n+](C)[nH]2)cc1C. The Morgan fingerprint density at radius 2 is 1.94 bits per heavy atom. The Hall–Kier alpha value is -1.77. The van der Waals surface area contributed by atoms with Gasteiger partial charge in [-0.2, -0.15) is 5.10 Å². The summed E-state index contributed by atoms with van der Waals surface area (Å²) < 4.78 is 7.26. The third-order valence-electron chi connectivity index (χ3n) is 2.88. The molecular formula is C13H17N2O+. The van der Waals surface area contributed by atoms with E-state index in [1.165, 1.54) is 11.3 Å². The average molecular weight is 217 g/mol. The molecule has 84 valence electrons. The van der Waals surface area contributed by atoms with Gasteiger partial charge >= 0.3 is 0 Å². The Bertz CT molecular complexity index is 495. The molecule has 0 bridgehead atoms. The van der Waals surface area contributed by atoms with Gasteiger partial charge in [0.25, 0.3) is 0 Å².